The quantitative estimate of drug-likeness (QED) is 0.228. The highest BCUT2D eigenvalue weighted by molar-refractivity contribution is 7.99. The second kappa shape index (κ2) is 8.44. The molecule has 3 aromatic heterocycles. The number of carbonyl (C=O) groups excluding carboxylic acids is 1. The van der Waals surface area contributed by atoms with Crippen molar-refractivity contribution >= 4 is 44.1 Å². The first kappa shape index (κ1) is 20.8. The van der Waals surface area contributed by atoms with Crippen LogP contribution in [0.5, 0.6) is 5.75 Å². The van der Waals surface area contributed by atoms with Gasteiger partial charge in [-0.1, -0.05) is 35.2 Å². The van der Waals surface area contributed by atoms with Crippen LogP contribution in [0.15, 0.2) is 59.8 Å². The van der Waals surface area contributed by atoms with Gasteiger partial charge in [0.15, 0.2) is 10.9 Å². The number of rotatable bonds is 7. The number of benzene rings is 2. The Morgan fingerprint density at radius 3 is 2.66 bits per heavy atom. The van der Waals surface area contributed by atoms with Gasteiger partial charge in [-0.25, -0.2) is 0 Å². The molecule has 2 aromatic carbocycles. The highest BCUT2D eigenvalue weighted by atomic mass is 32.2. The van der Waals surface area contributed by atoms with Crippen molar-refractivity contribution in [3.63, 3.8) is 0 Å². The fourth-order valence-electron chi connectivity index (χ4n) is 3.96. The molecule has 5 aromatic rings. The lowest BCUT2D eigenvalue weighted by Gasteiger charge is -2.11. The van der Waals surface area contributed by atoms with E-state index in [4.69, 9.17) is 4.74 Å². The van der Waals surface area contributed by atoms with Crippen molar-refractivity contribution in [2.24, 2.45) is 0 Å². The number of hydrogen-bond acceptors (Lipinski definition) is 6. The van der Waals surface area contributed by atoms with E-state index >= 15 is 0 Å². The second-order valence-electron chi connectivity index (χ2n) is 7.43. The minimum atomic E-state index is 0.0802. The Morgan fingerprint density at radius 2 is 1.88 bits per heavy atom. The largest absolute Gasteiger partial charge is 0.494 e. The summed E-state index contributed by atoms with van der Waals surface area (Å²) in [6.07, 6.45) is 0. The van der Waals surface area contributed by atoms with Crippen molar-refractivity contribution in [3.05, 3.63) is 71.5 Å². The molecular formula is C24H22N4O2S2. The summed E-state index contributed by atoms with van der Waals surface area (Å²) in [6.45, 7) is 6.61. The lowest BCUT2D eigenvalue weighted by molar-refractivity contribution is 0.102. The minimum Gasteiger partial charge on any atom is -0.494 e. The van der Waals surface area contributed by atoms with Gasteiger partial charge in [0.25, 0.3) is 0 Å². The van der Waals surface area contributed by atoms with Crippen molar-refractivity contribution in [2.75, 3.05) is 12.4 Å². The van der Waals surface area contributed by atoms with Gasteiger partial charge in [-0.15, -0.1) is 10.2 Å². The zero-order chi connectivity index (χ0) is 22.2. The number of carbonyl (C=O) groups is 1. The molecule has 0 radical (unpaired) electrons. The molecule has 0 aliphatic rings. The fraction of sp³-hybridized carbons (Fsp3) is 0.208. The van der Waals surface area contributed by atoms with Gasteiger partial charge in [-0.05, 0) is 63.2 Å². The van der Waals surface area contributed by atoms with Crippen LogP contribution < -0.4 is 4.74 Å². The minimum absolute atomic E-state index is 0.0802. The van der Waals surface area contributed by atoms with Crippen molar-refractivity contribution in [1.82, 2.24) is 19.2 Å². The third-order valence-electron chi connectivity index (χ3n) is 5.38. The fourth-order valence-corrected chi connectivity index (χ4v) is 5.81. The Labute approximate surface area is 193 Å². The van der Waals surface area contributed by atoms with Crippen LogP contribution in [0.1, 0.15) is 28.7 Å². The number of aryl methyl sites for hydroxylation is 1. The molecule has 0 saturated heterocycles. The molecule has 32 heavy (non-hydrogen) atoms. The second-order valence-corrected chi connectivity index (χ2v) is 9.38. The average molecular weight is 463 g/mol. The molecule has 0 spiro atoms. The first-order valence-corrected chi connectivity index (χ1v) is 12.2. The maximum absolute atomic E-state index is 13.1. The van der Waals surface area contributed by atoms with E-state index in [1.165, 1.54) is 11.8 Å². The van der Waals surface area contributed by atoms with Gasteiger partial charge in [0.1, 0.15) is 5.75 Å². The van der Waals surface area contributed by atoms with Gasteiger partial charge >= 0.3 is 0 Å². The maximum atomic E-state index is 13.1. The standard InChI is InChI=1S/C24H22N4O2S2/c1-4-30-18-11-9-17(10-12-18)27-15(2)13-19(16(27)3)21(29)14-31-23-25-26-24-28(23)20-7-5-6-8-22(20)32-24/h5-13H,4,14H2,1-3H3. The number of thioether (sulfide) groups is 1. The van der Waals surface area contributed by atoms with Gasteiger partial charge in [0.05, 0.1) is 22.6 Å². The van der Waals surface area contributed by atoms with Crippen LogP contribution in [0.4, 0.5) is 0 Å². The monoisotopic (exact) mass is 462 g/mol. The SMILES string of the molecule is CCOc1ccc(-n2c(C)cc(C(=O)CSc3nnc4sc5ccccc5n34)c2C)cc1. The number of fused-ring (bicyclic) bond motifs is 3. The molecule has 0 fully saturated rings. The van der Waals surface area contributed by atoms with E-state index < -0.39 is 0 Å². The molecule has 0 N–H and O–H groups in total. The zero-order valence-electron chi connectivity index (χ0n) is 18.0. The van der Waals surface area contributed by atoms with Gasteiger partial charge in [-0.2, -0.15) is 0 Å². The van der Waals surface area contributed by atoms with Crippen molar-refractivity contribution in [3.8, 4) is 11.4 Å². The number of nitrogens with zero attached hydrogens (tertiary/aromatic N) is 4. The van der Waals surface area contributed by atoms with Crippen molar-refractivity contribution in [1.29, 1.82) is 0 Å². The zero-order valence-corrected chi connectivity index (χ0v) is 19.7. The van der Waals surface area contributed by atoms with Crippen LogP contribution in [0.25, 0.3) is 20.9 Å². The summed E-state index contributed by atoms with van der Waals surface area (Å²) in [6, 6.07) is 18.1. The molecule has 0 atom stereocenters. The third-order valence-corrected chi connectivity index (χ3v) is 7.32. The van der Waals surface area contributed by atoms with Crippen LogP contribution in [0.3, 0.4) is 0 Å². The van der Waals surface area contributed by atoms with E-state index in [0.717, 1.165) is 48.7 Å². The van der Waals surface area contributed by atoms with E-state index in [2.05, 4.69) is 26.9 Å². The van der Waals surface area contributed by atoms with E-state index in [1.807, 2.05) is 67.6 Å². The summed E-state index contributed by atoms with van der Waals surface area (Å²) in [7, 11) is 0. The average Bonchev–Trinajstić information content (AvgIpc) is 3.45. The van der Waals surface area contributed by atoms with Crippen molar-refractivity contribution in [2.45, 2.75) is 25.9 Å². The molecule has 0 amide bonds. The topological polar surface area (TPSA) is 61.4 Å². The van der Waals surface area contributed by atoms with Gasteiger partial charge < -0.3 is 9.30 Å². The number of aromatic nitrogens is 4. The van der Waals surface area contributed by atoms with Crippen LogP contribution in [0, 0.1) is 13.8 Å². The Morgan fingerprint density at radius 1 is 1.09 bits per heavy atom. The summed E-state index contributed by atoms with van der Waals surface area (Å²) in [5.74, 6) is 1.22. The lowest BCUT2D eigenvalue weighted by atomic mass is 10.2. The predicted molar refractivity (Wildman–Crippen MR) is 130 cm³/mol. The smallest absolute Gasteiger partial charge is 0.217 e. The number of ether oxygens (including phenoxy) is 1. The summed E-state index contributed by atoms with van der Waals surface area (Å²) >= 11 is 3.03. The number of ketones is 1. The molecule has 8 heteroatoms. The highest BCUT2D eigenvalue weighted by Crippen LogP contribution is 2.30. The van der Waals surface area contributed by atoms with E-state index in [9.17, 15) is 4.79 Å². The van der Waals surface area contributed by atoms with Crippen molar-refractivity contribution < 1.29 is 9.53 Å². The van der Waals surface area contributed by atoms with Crippen LogP contribution >= 0.6 is 23.1 Å². The van der Waals surface area contributed by atoms with Crippen LogP contribution in [0.2, 0.25) is 0 Å². The number of Topliss-reactive ketones (excluding diaryl/α,β-unsaturated/α-hetero) is 1. The molecule has 0 aliphatic heterocycles. The van der Waals surface area contributed by atoms with Crippen LogP contribution in [-0.2, 0) is 0 Å². The third kappa shape index (κ3) is 3.59. The Balaban J connectivity index is 1.39. The summed E-state index contributed by atoms with van der Waals surface area (Å²) in [4.78, 5) is 14.0. The Hall–Kier alpha value is -3.10. The molecular weight excluding hydrogens is 440 g/mol. The van der Waals surface area contributed by atoms with E-state index in [1.54, 1.807) is 11.3 Å². The Kier molecular flexibility index (Phi) is 5.48. The molecule has 5 rings (SSSR count). The predicted octanol–water partition coefficient (Wildman–Crippen LogP) is 5.73. The molecule has 0 aliphatic carbocycles. The van der Waals surface area contributed by atoms with Gasteiger partial charge in [-0.3, -0.25) is 9.20 Å². The first-order chi connectivity index (χ1) is 15.6. The molecule has 162 valence electrons. The highest BCUT2D eigenvalue weighted by Gasteiger charge is 2.19. The normalized spacial score (nSPS) is 11.5. The summed E-state index contributed by atoms with van der Waals surface area (Å²) in [5, 5.41) is 9.33. The summed E-state index contributed by atoms with van der Waals surface area (Å²) < 4.78 is 10.8. The molecule has 6 nitrogen and oxygen atoms in total. The van der Waals surface area contributed by atoms with E-state index in [-0.39, 0.29) is 5.78 Å². The van der Waals surface area contributed by atoms with E-state index in [0.29, 0.717) is 12.4 Å². The first-order valence-electron chi connectivity index (χ1n) is 10.4. The number of para-hydroxylation sites is 1. The van der Waals surface area contributed by atoms with Gasteiger partial charge in [0, 0.05) is 22.6 Å². The summed E-state index contributed by atoms with van der Waals surface area (Å²) in [5.41, 5.74) is 4.78. The van der Waals surface area contributed by atoms with Gasteiger partial charge in [0.2, 0.25) is 4.96 Å². The molecule has 0 bridgehead atoms. The number of thiazole rings is 1. The van der Waals surface area contributed by atoms with Crippen LogP contribution in [-0.4, -0.2) is 37.3 Å². The molecule has 0 saturated carbocycles. The number of hydrogen-bond donors (Lipinski definition) is 0. The molecule has 3 heterocycles. The lowest BCUT2D eigenvalue weighted by Crippen LogP contribution is -2.06. The Bertz CT molecular complexity index is 1430. The maximum Gasteiger partial charge on any atom is 0.217 e. The molecule has 0 unspecified atom stereocenters.